The van der Waals surface area contributed by atoms with Gasteiger partial charge >= 0.3 is 0 Å². The van der Waals surface area contributed by atoms with Gasteiger partial charge in [0.05, 0.1) is 33.0 Å². The van der Waals surface area contributed by atoms with Gasteiger partial charge < -0.3 is 104 Å². The lowest BCUT2D eigenvalue weighted by Gasteiger charge is -2.45. The van der Waals surface area contributed by atoms with Gasteiger partial charge in [0.25, 0.3) is 0 Å². The fourth-order valence-electron chi connectivity index (χ4n) is 8.52. The van der Waals surface area contributed by atoms with E-state index in [1.165, 1.54) is 31.1 Å². The van der Waals surface area contributed by atoms with E-state index in [4.69, 9.17) is 42.6 Å². The van der Waals surface area contributed by atoms with Gasteiger partial charge in [0.1, 0.15) is 91.6 Å². The molecule has 67 heavy (non-hydrogen) atoms. The summed E-state index contributed by atoms with van der Waals surface area (Å²) in [5, 5.41) is 117. The topological polar surface area (TPSA) is 326 Å². The number of aliphatic hydroxyl groups excluding tert-OH is 11. The lowest BCUT2D eigenvalue weighted by atomic mass is 10.0. The molecule has 5 heterocycles. The minimum absolute atomic E-state index is 0.283. The van der Waals surface area contributed by atoms with Gasteiger partial charge in [-0.3, -0.25) is 4.79 Å². The summed E-state index contributed by atoms with van der Waals surface area (Å²) in [6, 6.07) is 0. The van der Waals surface area contributed by atoms with Crippen molar-refractivity contribution in [1.82, 2.24) is 4.90 Å². The number of aliphatic hydroxyl groups is 11. The molecular formula is C45H77NO21. The average Bonchev–Trinajstić information content (AvgIpc) is 3.31. The van der Waals surface area contributed by atoms with Gasteiger partial charge in [-0.25, -0.2) is 0 Å². The molecule has 0 spiro atoms. The Hall–Kier alpha value is -1.85. The van der Waals surface area contributed by atoms with Gasteiger partial charge in [0, 0.05) is 13.5 Å². The van der Waals surface area contributed by atoms with Crippen molar-refractivity contribution in [3.63, 3.8) is 0 Å². The number of unbranched alkanes of at least 4 members (excludes halogenated alkanes) is 9. The van der Waals surface area contributed by atoms with Crippen LogP contribution in [0.3, 0.4) is 0 Å². The second kappa shape index (κ2) is 28.3. The summed E-state index contributed by atoms with van der Waals surface area (Å²) >= 11 is 0. The molecule has 5 aliphatic rings. The zero-order valence-electron chi connectivity index (χ0n) is 38.5. The van der Waals surface area contributed by atoms with E-state index in [0.717, 1.165) is 51.4 Å². The highest BCUT2D eigenvalue weighted by atomic mass is 16.8. The summed E-state index contributed by atoms with van der Waals surface area (Å²) < 4.78 is 50.2. The maximum absolute atomic E-state index is 12.6. The van der Waals surface area contributed by atoms with Gasteiger partial charge in [0.2, 0.25) is 5.91 Å². The predicted octanol–water partition coefficient (Wildman–Crippen LogP) is -2.06. The van der Waals surface area contributed by atoms with Crippen molar-refractivity contribution in [2.24, 2.45) is 0 Å². The molecule has 0 bridgehead atoms. The molecule has 0 aromatic carbocycles. The third-order valence-electron chi connectivity index (χ3n) is 12.8. The Morgan fingerprint density at radius 2 is 0.836 bits per heavy atom. The van der Waals surface area contributed by atoms with Crippen LogP contribution in [-0.4, -0.2) is 230 Å². The molecule has 0 aromatic rings. The third kappa shape index (κ3) is 15.8. The van der Waals surface area contributed by atoms with Crippen LogP contribution >= 0.6 is 0 Å². The first-order valence-corrected chi connectivity index (χ1v) is 23.9. The first-order chi connectivity index (χ1) is 32.1. The quantitative estimate of drug-likeness (QED) is 0.0366. The van der Waals surface area contributed by atoms with E-state index in [1.54, 1.807) is 0 Å². The number of hydrogen-bond donors (Lipinski definition) is 11. The molecule has 11 N–H and O–H groups in total. The fourth-order valence-corrected chi connectivity index (χ4v) is 8.52. The second-order valence-electron chi connectivity index (χ2n) is 18.0. The first kappa shape index (κ1) is 56.1. The van der Waals surface area contributed by atoms with Crippen molar-refractivity contribution in [2.45, 2.75) is 214 Å². The maximum atomic E-state index is 12.6. The van der Waals surface area contributed by atoms with E-state index in [2.05, 4.69) is 31.2 Å². The van der Waals surface area contributed by atoms with E-state index in [0.29, 0.717) is 13.0 Å². The summed E-state index contributed by atoms with van der Waals surface area (Å²) in [4.78, 5) is 14.0. The summed E-state index contributed by atoms with van der Waals surface area (Å²) in [5.41, 5.74) is 0. The monoisotopic (exact) mass is 967 g/mol. The lowest BCUT2D eigenvalue weighted by molar-refractivity contribution is -0.361. The van der Waals surface area contributed by atoms with Crippen molar-refractivity contribution in [3.8, 4) is 0 Å². The zero-order valence-corrected chi connectivity index (χ0v) is 38.5. The van der Waals surface area contributed by atoms with Gasteiger partial charge in [0.15, 0.2) is 31.4 Å². The number of allylic oxidation sites excluding steroid dienone is 4. The second-order valence-corrected chi connectivity index (χ2v) is 18.0. The number of nitrogens with zero attached hydrogens (tertiary/aromatic N) is 1. The molecule has 0 aromatic heterocycles. The van der Waals surface area contributed by atoms with Crippen LogP contribution in [0, 0.1) is 0 Å². The average molecular weight is 968 g/mol. The van der Waals surface area contributed by atoms with Gasteiger partial charge in [-0.1, -0.05) is 69.8 Å². The summed E-state index contributed by atoms with van der Waals surface area (Å²) in [7, 11) is 0. The van der Waals surface area contributed by atoms with Crippen molar-refractivity contribution in [1.29, 1.82) is 0 Å². The largest absolute Gasteiger partial charge is 0.388 e. The van der Waals surface area contributed by atoms with E-state index < -0.39 is 143 Å². The number of hydrogen-bond acceptors (Lipinski definition) is 21. The number of carbonyl (C=O) groups excluding carboxylic acids is 1. The number of amides is 1. The van der Waals surface area contributed by atoms with Crippen LogP contribution in [0.15, 0.2) is 24.3 Å². The standard InChI is InChI=1S/C45H77NO21/c1-3-4-5-6-7-8-9-10-11-12-13-14-15-16-17-18-19-46(25(2)47)41-36(54)32(50)27(21-59-41)64-43-38(56)34(52)29(23-61-43)66-45-40(58)35(53)30(24-63-45)67-44-39(57)33(51)28(22-62-44)65-42-37(55)31(49)26(48)20-60-42/h7-8,10-11,26-45,48-58H,3-6,9,12-24H2,1-2H3/b8-7-,11-10-. The van der Waals surface area contributed by atoms with Crippen molar-refractivity contribution in [3.05, 3.63) is 24.3 Å². The molecular weight excluding hydrogens is 890 g/mol. The maximum Gasteiger partial charge on any atom is 0.221 e. The molecule has 20 atom stereocenters. The molecule has 0 saturated carbocycles. The molecule has 20 unspecified atom stereocenters. The van der Waals surface area contributed by atoms with Crippen LogP contribution in [-0.2, 0) is 47.4 Å². The number of carbonyl (C=O) groups is 1. The van der Waals surface area contributed by atoms with E-state index >= 15 is 0 Å². The van der Waals surface area contributed by atoms with Crippen LogP contribution in [0.1, 0.15) is 90.9 Å². The summed E-state index contributed by atoms with van der Waals surface area (Å²) in [5.74, 6) is -0.335. The van der Waals surface area contributed by atoms with Crippen LogP contribution in [0.25, 0.3) is 0 Å². The molecule has 0 radical (unpaired) electrons. The Bertz CT molecular complexity index is 1480. The summed E-state index contributed by atoms with van der Waals surface area (Å²) in [6.45, 7) is 1.98. The molecule has 22 heteroatoms. The molecule has 388 valence electrons. The summed E-state index contributed by atoms with van der Waals surface area (Å²) in [6.07, 6.45) is -8.77. The Balaban J connectivity index is 0.979. The van der Waals surface area contributed by atoms with Crippen LogP contribution in [0.5, 0.6) is 0 Å². The van der Waals surface area contributed by atoms with Gasteiger partial charge in [-0.15, -0.1) is 0 Å². The molecule has 1 amide bonds. The van der Waals surface area contributed by atoms with Crippen molar-refractivity contribution in [2.75, 3.05) is 39.6 Å². The van der Waals surface area contributed by atoms with Crippen LogP contribution in [0.4, 0.5) is 0 Å². The van der Waals surface area contributed by atoms with Gasteiger partial charge in [-0.05, 0) is 38.5 Å². The van der Waals surface area contributed by atoms with E-state index in [9.17, 15) is 61.0 Å². The highest BCUT2D eigenvalue weighted by Crippen LogP contribution is 2.31. The third-order valence-corrected chi connectivity index (χ3v) is 12.8. The minimum Gasteiger partial charge on any atom is -0.388 e. The van der Waals surface area contributed by atoms with Gasteiger partial charge in [-0.2, -0.15) is 0 Å². The highest BCUT2D eigenvalue weighted by Gasteiger charge is 2.51. The molecule has 5 fully saturated rings. The van der Waals surface area contributed by atoms with Crippen molar-refractivity contribution >= 4 is 5.91 Å². The SMILES string of the molecule is CCCCC/C=C\C/C=C\CCCCCCCCN(C(C)=O)C1OCC(OC2OCC(OC3OCC(OC4OCC(OC5OCC(O)C(O)C5O)C(O)C4O)C(O)C3O)C(O)C2O)C(O)C1O. The van der Waals surface area contributed by atoms with E-state index in [-0.39, 0.29) is 19.1 Å². The molecule has 5 aliphatic heterocycles. The predicted molar refractivity (Wildman–Crippen MR) is 231 cm³/mol. The smallest absolute Gasteiger partial charge is 0.221 e. The normalized spacial score (nSPS) is 41.0. The van der Waals surface area contributed by atoms with Crippen LogP contribution in [0.2, 0.25) is 0 Å². The first-order valence-electron chi connectivity index (χ1n) is 23.9. The highest BCUT2D eigenvalue weighted by molar-refractivity contribution is 5.73. The fraction of sp³-hybridized carbons (Fsp3) is 0.889. The Morgan fingerprint density at radius 1 is 0.463 bits per heavy atom. The molecule has 0 aliphatic carbocycles. The Labute approximate surface area is 391 Å². The Kier molecular flexibility index (Phi) is 23.6. The number of ether oxygens (including phenoxy) is 9. The molecule has 5 saturated heterocycles. The molecule has 22 nitrogen and oxygen atoms in total. The van der Waals surface area contributed by atoms with Crippen molar-refractivity contribution < 1.29 is 104 Å². The zero-order chi connectivity index (χ0) is 48.6. The minimum atomic E-state index is -1.80. The van der Waals surface area contributed by atoms with Crippen LogP contribution < -0.4 is 0 Å². The Morgan fingerprint density at radius 3 is 1.28 bits per heavy atom. The lowest BCUT2D eigenvalue weighted by Crippen LogP contribution is -2.64. The van der Waals surface area contributed by atoms with E-state index in [1.807, 2.05) is 0 Å². The molecule has 5 rings (SSSR count). The number of rotatable bonds is 24.